The summed E-state index contributed by atoms with van der Waals surface area (Å²) in [6.07, 6.45) is 9.90. The molecule has 0 bridgehead atoms. The minimum absolute atomic E-state index is 0.730. The maximum atomic E-state index is 4.59. The van der Waals surface area contributed by atoms with Gasteiger partial charge in [-0.05, 0) is 62.1 Å². The first-order chi connectivity index (χ1) is 8.83. The molecule has 2 heteroatoms. The standard InChI is InChI=1S/C16H24N2/c1-12-9-13(11-14-5-2-3-7-17-14)15-6-4-8-18-16(15)10-12/h4,6,8,12-14,17H,2-3,5,7,9-11H2,1H3/t12-,13-,14+/m1/s1. The zero-order valence-corrected chi connectivity index (χ0v) is 11.4. The van der Waals surface area contributed by atoms with Gasteiger partial charge in [-0.15, -0.1) is 0 Å². The van der Waals surface area contributed by atoms with Crippen LogP contribution in [0.5, 0.6) is 0 Å². The largest absolute Gasteiger partial charge is 0.314 e. The number of hydrogen-bond acceptors (Lipinski definition) is 2. The van der Waals surface area contributed by atoms with E-state index >= 15 is 0 Å². The van der Waals surface area contributed by atoms with Gasteiger partial charge in [0, 0.05) is 17.9 Å². The molecule has 0 saturated carbocycles. The van der Waals surface area contributed by atoms with E-state index in [2.05, 4.69) is 29.4 Å². The van der Waals surface area contributed by atoms with Gasteiger partial charge in [0.15, 0.2) is 0 Å². The van der Waals surface area contributed by atoms with Crippen LogP contribution >= 0.6 is 0 Å². The smallest absolute Gasteiger partial charge is 0.0441 e. The monoisotopic (exact) mass is 244 g/mol. The van der Waals surface area contributed by atoms with Crippen LogP contribution in [0.3, 0.4) is 0 Å². The van der Waals surface area contributed by atoms with Crippen molar-refractivity contribution >= 4 is 0 Å². The lowest BCUT2D eigenvalue weighted by Crippen LogP contribution is -2.36. The Bertz CT molecular complexity index is 396. The first-order valence-electron chi connectivity index (χ1n) is 7.50. The van der Waals surface area contributed by atoms with Crippen LogP contribution in [0.4, 0.5) is 0 Å². The summed E-state index contributed by atoms with van der Waals surface area (Å²) in [5.41, 5.74) is 2.89. The molecule has 1 aliphatic heterocycles. The third-order valence-electron chi connectivity index (χ3n) is 4.58. The van der Waals surface area contributed by atoms with Gasteiger partial charge in [-0.2, -0.15) is 0 Å². The molecule has 0 amide bonds. The molecule has 2 aliphatic rings. The van der Waals surface area contributed by atoms with Gasteiger partial charge < -0.3 is 5.32 Å². The summed E-state index contributed by atoms with van der Waals surface area (Å²) >= 11 is 0. The molecule has 1 aliphatic carbocycles. The highest BCUT2D eigenvalue weighted by Gasteiger charge is 2.27. The van der Waals surface area contributed by atoms with Crippen molar-refractivity contribution in [2.24, 2.45) is 5.92 Å². The molecule has 3 rings (SSSR count). The van der Waals surface area contributed by atoms with E-state index in [1.807, 2.05) is 6.20 Å². The Labute approximate surface area is 110 Å². The molecule has 1 saturated heterocycles. The second-order valence-corrected chi connectivity index (χ2v) is 6.16. The third kappa shape index (κ3) is 2.59. The van der Waals surface area contributed by atoms with E-state index in [1.54, 1.807) is 0 Å². The molecule has 0 aromatic carbocycles. The minimum atomic E-state index is 0.730. The van der Waals surface area contributed by atoms with Crippen molar-refractivity contribution in [2.75, 3.05) is 6.54 Å². The highest BCUT2D eigenvalue weighted by atomic mass is 14.9. The van der Waals surface area contributed by atoms with E-state index in [0.717, 1.165) is 17.9 Å². The molecule has 1 aromatic heterocycles. The Morgan fingerprint density at radius 3 is 3.17 bits per heavy atom. The predicted molar refractivity (Wildman–Crippen MR) is 74.7 cm³/mol. The number of rotatable bonds is 2. The molecule has 0 radical (unpaired) electrons. The molecule has 0 unspecified atom stereocenters. The van der Waals surface area contributed by atoms with E-state index in [9.17, 15) is 0 Å². The summed E-state index contributed by atoms with van der Waals surface area (Å²) in [6, 6.07) is 5.15. The quantitative estimate of drug-likeness (QED) is 0.863. The Hall–Kier alpha value is -0.890. The van der Waals surface area contributed by atoms with Crippen LogP contribution in [0.25, 0.3) is 0 Å². The first kappa shape index (κ1) is 12.2. The van der Waals surface area contributed by atoms with Crippen LogP contribution < -0.4 is 5.32 Å². The molecule has 2 nitrogen and oxygen atoms in total. The molecule has 98 valence electrons. The molecular weight excluding hydrogens is 220 g/mol. The number of nitrogens with zero attached hydrogens (tertiary/aromatic N) is 1. The summed E-state index contributed by atoms with van der Waals surface area (Å²) in [5.74, 6) is 1.52. The van der Waals surface area contributed by atoms with Crippen molar-refractivity contribution in [3.8, 4) is 0 Å². The highest BCUT2D eigenvalue weighted by molar-refractivity contribution is 5.27. The van der Waals surface area contributed by atoms with E-state index in [4.69, 9.17) is 0 Å². The molecule has 0 spiro atoms. The summed E-state index contributed by atoms with van der Waals surface area (Å²) in [6.45, 7) is 3.59. The predicted octanol–water partition coefficient (Wildman–Crippen LogP) is 3.28. The number of fused-ring (bicyclic) bond motifs is 1. The van der Waals surface area contributed by atoms with Gasteiger partial charge in [-0.1, -0.05) is 19.4 Å². The van der Waals surface area contributed by atoms with Crippen LogP contribution in [-0.2, 0) is 6.42 Å². The Balaban J connectivity index is 1.75. The normalized spacial score (nSPS) is 31.9. The van der Waals surface area contributed by atoms with Gasteiger partial charge in [0.05, 0.1) is 0 Å². The Kier molecular flexibility index (Phi) is 3.64. The fourth-order valence-corrected chi connectivity index (χ4v) is 3.71. The van der Waals surface area contributed by atoms with Crippen molar-refractivity contribution in [1.82, 2.24) is 10.3 Å². The number of pyridine rings is 1. The van der Waals surface area contributed by atoms with Crippen LogP contribution in [-0.4, -0.2) is 17.6 Å². The second kappa shape index (κ2) is 5.40. The lowest BCUT2D eigenvalue weighted by Gasteiger charge is -2.33. The number of aromatic nitrogens is 1. The van der Waals surface area contributed by atoms with Crippen LogP contribution in [0.15, 0.2) is 18.3 Å². The summed E-state index contributed by atoms with van der Waals surface area (Å²) in [4.78, 5) is 4.59. The summed E-state index contributed by atoms with van der Waals surface area (Å²) in [5, 5.41) is 3.69. The fraction of sp³-hybridized carbons (Fsp3) is 0.688. The molecule has 3 atom stereocenters. The summed E-state index contributed by atoms with van der Waals surface area (Å²) in [7, 11) is 0. The number of nitrogens with one attached hydrogen (secondary N) is 1. The van der Waals surface area contributed by atoms with Gasteiger partial charge in [-0.3, -0.25) is 4.98 Å². The lowest BCUT2D eigenvalue weighted by atomic mass is 9.76. The van der Waals surface area contributed by atoms with Gasteiger partial charge in [0.1, 0.15) is 0 Å². The van der Waals surface area contributed by atoms with Crippen LogP contribution in [0.1, 0.15) is 56.2 Å². The lowest BCUT2D eigenvalue weighted by molar-refractivity contribution is 0.323. The zero-order chi connectivity index (χ0) is 12.4. The number of hydrogen-bond donors (Lipinski definition) is 1. The van der Waals surface area contributed by atoms with Crippen molar-refractivity contribution in [1.29, 1.82) is 0 Å². The maximum Gasteiger partial charge on any atom is 0.0441 e. The maximum absolute atomic E-state index is 4.59. The topological polar surface area (TPSA) is 24.9 Å². The van der Waals surface area contributed by atoms with E-state index in [0.29, 0.717) is 0 Å². The average molecular weight is 244 g/mol. The fourth-order valence-electron chi connectivity index (χ4n) is 3.71. The molecule has 2 heterocycles. The van der Waals surface area contributed by atoms with E-state index < -0.39 is 0 Å². The highest BCUT2D eigenvalue weighted by Crippen LogP contribution is 2.37. The van der Waals surface area contributed by atoms with Crippen LogP contribution in [0.2, 0.25) is 0 Å². The van der Waals surface area contributed by atoms with Gasteiger partial charge in [0.25, 0.3) is 0 Å². The van der Waals surface area contributed by atoms with Crippen molar-refractivity contribution in [3.63, 3.8) is 0 Å². The van der Waals surface area contributed by atoms with Crippen LogP contribution in [0, 0.1) is 5.92 Å². The first-order valence-corrected chi connectivity index (χ1v) is 7.50. The molecular formula is C16H24N2. The average Bonchev–Trinajstić information content (AvgIpc) is 2.40. The zero-order valence-electron chi connectivity index (χ0n) is 11.4. The van der Waals surface area contributed by atoms with Crippen molar-refractivity contribution < 1.29 is 0 Å². The van der Waals surface area contributed by atoms with E-state index in [1.165, 1.54) is 56.3 Å². The molecule has 18 heavy (non-hydrogen) atoms. The van der Waals surface area contributed by atoms with E-state index in [-0.39, 0.29) is 0 Å². The Morgan fingerprint density at radius 2 is 2.33 bits per heavy atom. The second-order valence-electron chi connectivity index (χ2n) is 6.16. The van der Waals surface area contributed by atoms with Crippen molar-refractivity contribution in [2.45, 2.75) is 57.4 Å². The summed E-state index contributed by atoms with van der Waals surface area (Å²) < 4.78 is 0. The van der Waals surface area contributed by atoms with Crippen molar-refractivity contribution in [3.05, 3.63) is 29.6 Å². The van der Waals surface area contributed by atoms with Gasteiger partial charge in [0.2, 0.25) is 0 Å². The van der Waals surface area contributed by atoms with Gasteiger partial charge >= 0.3 is 0 Å². The molecule has 1 fully saturated rings. The SMILES string of the molecule is C[C@H]1Cc2ncccc2[C@@H](C[C@@H]2CCCCN2)C1. The molecule has 1 N–H and O–H groups in total. The van der Waals surface area contributed by atoms with Gasteiger partial charge in [-0.25, -0.2) is 0 Å². The number of piperidine rings is 1. The molecule has 1 aromatic rings. The minimum Gasteiger partial charge on any atom is -0.314 e. The Morgan fingerprint density at radius 1 is 1.39 bits per heavy atom. The third-order valence-corrected chi connectivity index (χ3v) is 4.58.